The molecule has 3 aromatic rings. The molecule has 5 amide bonds. The van der Waals surface area contributed by atoms with Crippen molar-refractivity contribution in [2.24, 2.45) is 10.8 Å². The molecule has 3 saturated heterocycles. The summed E-state index contributed by atoms with van der Waals surface area (Å²) < 4.78 is 6.50. The molecule has 1 atom stereocenters. The summed E-state index contributed by atoms with van der Waals surface area (Å²) in [7, 11) is 0. The van der Waals surface area contributed by atoms with Crippen LogP contribution in [0, 0.1) is 22.2 Å². The van der Waals surface area contributed by atoms with Gasteiger partial charge in [0.15, 0.2) is 0 Å². The van der Waals surface area contributed by atoms with E-state index in [0.717, 1.165) is 79.5 Å². The number of anilines is 2. The Labute approximate surface area is 348 Å². The zero-order chi connectivity index (χ0) is 41.5. The van der Waals surface area contributed by atoms with Gasteiger partial charge >= 0.3 is 0 Å². The molecule has 1 aliphatic carbocycles. The summed E-state index contributed by atoms with van der Waals surface area (Å²) in [6.07, 6.45) is 2.00. The summed E-state index contributed by atoms with van der Waals surface area (Å²) >= 11 is 6.31. The Bertz CT molecular complexity index is 2320. The summed E-state index contributed by atoms with van der Waals surface area (Å²) in [6.45, 7) is 14.5. The first-order valence-electron chi connectivity index (χ1n) is 20.6. The minimum absolute atomic E-state index is 0.0445. The highest BCUT2D eigenvalue weighted by atomic mass is 35.5. The van der Waals surface area contributed by atoms with Crippen molar-refractivity contribution in [3.63, 3.8) is 0 Å². The number of halogens is 1. The molecule has 6 aliphatic rings. The number of benzene rings is 3. The fraction of sp³-hybridized carbons (Fsp3) is 0.467. The standard InChI is InChI=1S/C45H48ClN7O6/c1-44(2)42(45(3,4)43(44)59-31-8-5-26(24-47)35(46)23-31)52-25-27-21-29(6-9-32(27)39(52)56)51-19-17-50(18-20-51)28-13-15-49(16-14-28)30-7-10-33-34(22-30)41(58)53(40(33)57)36-11-12-37(54)48-38(36)55/h5-10,21-23,28,36,42-43H,11-20,25H2,1-4H3,(H,48,54,55). The van der Waals surface area contributed by atoms with E-state index in [1.807, 2.05) is 17.0 Å². The number of imide groups is 2. The van der Waals surface area contributed by atoms with Gasteiger partial charge in [-0.25, -0.2) is 0 Å². The van der Waals surface area contributed by atoms with Crippen LogP contribution < -0.4 is 19.9 Å². The van der Waals surface area contributed by atoms with E-state index in [2.05, 4.69) is 65.9 Å². The van der Waals surface area contributed by atoms with Crippen LogP contribution in [-0.2, 0) is 16.1 Å². The molecule has 0 aromatic heterocycles. The number of carbonyl (C=O) groups excluding carboxylic acids is 5. The highest BCUT2D eigenvalue weighted by molar-refractivity contribution is 6.31. The van der Waals surface area contributed by atoms with Crippen LogP contribution in [0.2, 0.25) is 5.02 Å². The van der Waals surface area contributed by atoms with Crippen LogP contribution in [0.3, 0.4) is 0 Å². The van der Waals surface area contributed by atoms with Crippen LogP contribution in [0.15, 0.2) is 54.6 Å². The van der Waals surface area contributed by atoms with E-state index in [0.29, 0.717) is 40.0 Å². The van der Waals surface area contributed by atoms with Crippen LogP contribution in [0.1, 0.15) is 95.6 Å². The van der Waals surface area contributed by atoms with Gasteiger partial charge in [0.25, 0.3) is 17.7 Å². The first kappa shape index (κ1) is 39.0. The number of amides is 5. The third-order valence-corrected chi connectivity index (χ3v) is 14.1. The molecule has 0 spiro atoms. The maximum atomic E-state index is 13.9. The Morgan fingerprint density at radius 3 is 2.05 bits per heavy atom. The van der Waals surface area contributed by atoms with E-state index < -0.39 is 29.7 Å². The third-order valence-electron chi connectivity index (χ3n) is 13.8. The number of hydrogen-bond donors (Lipinski definition) is 1. The maximum absolute atomic E-state index is 13.9. The number of piperazine rings is 1. The largest absolute Gasteiger partial charge is 0.489 e. The van der Waals surface area contributed by atoms with Crippen LogP contribution in [0.5, 0.6) is 5.75 Å². The first-order chi connectivity index (χ1) is 28.2. The van der Waals surface area contributed by atoms with Gasteiger partial charge in [-0.3, -0.25) is 39.1 Å². The Kier molecular flexibility index (Phi) is 9.51. The quantitative estimate of drug-likeness (QED) is 0.314. The fourth-order valence-electron chi connectivity index (χ4n) is 11.2. The smallest absolute Gasteiger partial charge is 0.262 e. The Balaban J connectivity index is 0.789. The number of fused-ring (bicyclic) bond motifs is 2. The molecule has 4 fully saturated rings. The van der Waals surface area contributed by atoms with E-state index in [1.54, 1.807) is 30.3 Å². The van der Waals surface area contributed by atoms with Gasteiger partial charge in [-0.15, -0.1) is 0 Å². The normalized spacial score (nSPS) is 25.4. The number of piperidine rings is 2. The van der Waals surface area contributed by atoms with E-state index in [1.165, 1.54) is 0 Å². The summed E-state index contributed by atoms with van der Waals surface area (Å²) in [5.74, 6) is -1.31. The van der Waals surface area contributed by atoms with Gasteiger partial charge in [-0.05, 0) is 73.4 Å². The van der Waals surface area contributed by atoms with Crippen LogP contribution in [0.4, 0.5) is 11.4 Å². The Morgan fingerprint density at radius 1 is 0.746 bits per heavy atom. The molecule has 14 heteroatoms. The predicted molar refractivity (Wildman–Crippen MR) is 220 cm³/mol. The van der Waals surface area contributed by atoms with Crippen molar-refractivity contribution in [3.8, 4) is 11.8 Å². The highest BCUT2D eigenvalue weighted by Gasteiger charge is 2.67. The average Bonchev–Trinajstić information content (AvgIpc) is 3.66. The predicted octanol–water partition coefficient (Wildman–Crippen LogP) is 5.24. The fourth-order valence-corrected chi connectivity index (χ4v) is 11.4. The van der Waals surface area contributed by atoms with Gasteiger partial charge in [0, 0.05) is 98.2 Å². The lowest BCUT2D eigenvalue weighted by molar-refractivity contribution is -0.199. The molecule has 13 nitrogen and oxygen atoms in total. The molecule has 59 heavy (non-hydrogen) atoms. The van der Waals surface area contributed by atoms with Crippen molar-refractivity contribution in [1.82, 2.24) is 20.0 Å². The topological polar surface area (TPSA) is 147 Å². The van der Waals surface area contributed by atoms with Crippen molar-refractivity contribution < 1.29 is 28.7 Å². The second-order valence-corrected chi connectivity index (χ2v) is 18.4. The second-order valence-electron chi connectivity index (χ2n) is 18.0. The lowest BCUT2D eigenvalue weighted by atomic mass is 9.49. The van der Waals surface area contributed by atoms with Gasteiger partial charge < -0.3 is 19.4 Å². The maximum Gasteiger partial charge on any atom is 0.262 e. The lowest BCUT2D eigenvalue weighted by Crippen LogP contribution is -2.74. The number of nitrogens with zero attached hydrogens (tertiary/aromatic N) is 6. The Hall–Kier alpha value is -5.45. The van der Waals surface area contributed by atoms with Gasteiger partial charge in [0.1, 0.15) is 24.0 Å². The average molecular weight is 818 g/mol. The molecule has 306 valence electrons. The van der Waals surface area contributed by atoms with E-state index in [-0.39, 0.29) is 41.7 Å². The van der Waals surface area contributed by atoms with Crippen LogP contribution in [-0.4, -0.2) is 108 Å². The van der Waals surface area contributed by atoms with Gasteiger partial charge in [-0.1, -0.05) is 39.3 Å². The first-order valence-corrected chi connectivity index (χ1v) is 20.9. The van der Waals surface area contributed by atoms with Crippen LogP contribution in [0.25, 0.3) is 0 Å². The SMILES string of the molecule is CC1(C)C(Oc2ccc(C#N)c(Cl)c2)C(C)(C)C1N1Cc2cc(N3CCN(C4CCN(c5ccc6c(c5)C(=O)N(C5CCC(=O)NC5=O)C6=O)CC4)CC3)ccc2C1=O. The van der Waals surface area contributed by atoms with Crippen molar-refractivity contribution in [3.05, 3.63) is 87.4 Å². The van der Waals surface area contributed by atoms with Crippen molar-refractivity contribution >= 4 is 52.5 Å². The lowest BCUT2D eigenvalue weighted by Gasteiger charge is -2.65. The summed E-state index contributed by atoms with van der Waals surface area (Å²) in [6, 6.07) is 18.3. The number of hydrogen-bond acceptors (Lipinski definition) is 10. The third kappa shape index (κ3) is 6.43. The summed E-state index contributed by atoms with van der Waals surface area (Å²) in [5, 5.41) is 11.9. The van der Waals surface area contributed by atoms with Gasteiger partial charge in [0.2, 0.25) is 11.8 Å². The van der Waals surface area contributed by atoms with Crippen molar-refractivity contribution in [1.29, 1.82) is 5.26 Å². The van der Waals surface area contributed by atoms with Gasteiger partial charge in [0.05, 0.1) is 21.7 Å². The summed E-state index contributed by atoms with van der Waals surface area (Å²) in [5.41, 5.74) is 4.18. The molecule has 1 saturated carbocycles. The number of rotatable bonds is 7. The zero-order valence-electron chi connectivity index (χ0n) is 33.8. The molecule has 5 aliphatic heterocycles. The van der Waals surface area contributed by atoms with Crippen molar-refractivity contribution in [2.75, 3.05) is 49.1 Å². The molecule has 9 rings (SSSR count). The second kappa shape index (κ2) is 14.4. The number of nitriles is 1. The van der Waals surface area contributed by atoms with E-state index in [4.69, 9.17) is 16.3 Å². The molecular formula is C45H48ClN7O6. The molecule has 1 N–H and O–H groups in total. The number of carbonyl (C=O) groups is 5. The number of nitrogens with one attached hydrogen (secondary N) is 1. The van der Waals surface area contributed by atoms with Crippen LogP contribution >= 0.6 is 11.6 Å². The molecule has 5 heterocycles. The van der Waals surface area contributed by atoms with E-state index >= 15 is 0 Å². The molecule has 3 aromatic carbocycles. The highest BCUT2D eigenvalue weighted by Crippen LogP contribution is 2.59. The molecule has 1 unspecified atom stereocenters. The molecular weight excluding hydrogens is 770 g/mol. The molecule has 0 bridgehead atoms. The number of ether oxygens (including phenoxy) is 1. The minimum atomic E-state index is -0.978. The summed E-state index contributed by atoms with van der Waals surface area (Å²) in [4.78, 5) is 74.9. The monoisotopic (exact) mass is 817 g/mol. The van der Waals surface area contributed by atoms with Gasteiger partial charge in [-0.2, -0.15) is 5.26 Å². The van der Waals surface area contributed by atoms with Crippen molar-refractivity contribution in [2.45, 2.75) is 84.2 Å². The minimum Gasteiger partial charge on any atom is -0.489 e. The van der Waals surface area contributed by atoms with E-state index in [9.17, 15) is 29.2 Å². The Morgan fingerprint density at radius 2 is 1.39 bits per heavy atom. The zero-order valence-corrected chi connectivity index (χ0v) is 34.6. The molecule has 0 radical (unpaired) electrons.